The fourth-order valence-corrected chi connectivity index (χ4v) is 4.87. The first kappa shape index (κ1) is 22.0. The van der Waals surface area contributed by atoms with Crippen LogP contribution in [0.4, 0.5) is 11.4 Å². The number of nitrogens with one attached hydrogen (secondary N) is 3. The Morgan fingerprint density at radius 3 is 2.56 bits per heavy atom. The molecular weight excluding hydrogens is 406 g/mol. The Morgan fingerprint density at radius 1 is 1.16 bits per heavy atom. The van der Waals surface area contributed by atoms with E-state index >= 15 is 0 Å². The molecule has 32 heavy (non-hydrogen) atoms. The molecule has 4 rings (SSSR count). The number of para-hydroxylation sites is 1. The van der Waals surface area contributed by atoms with Crippen molar-refractivity contribution in [2.45, 2.75) is 45.2 Å². The number of carbonyl (C=O) groups excluding carboxylic acids is 3. The minimum Gasteiger partial charge on any atom is -0.462 e. The molecule has 2 aromatic carbocycles. The van der Waals surface area contributed by atoms with E-state index in [0.717, 1.165) is 17.7 Å². The van der Waals surface area contributed by atoms with Gasteiger partial charge in [0.1, 0.15) is 5.54 Å². The van der Waals surface area contributed by atoms with Crippen molar-refractivity contribution in [2.24, 2.45) is 11.8 Å². The Bertz CT molecular complexity index is 1030. The number of carbonyl (C=O) groups is 3. The Hall–Kier alpha value is -3.19. The predicted molar refractivity (Wildman–Crippen MR) is 122 cm³/mol. The van der Waals surface area contributed by atoms with Crippen LogP contribution in [0.5, 0.6) is 0 Å². The van der Waals surface area contributed by atoms with Crippen molar-refractivity contribution in [2.75, 3.05) is 17.2 Å². The molecule has 0 unspecified atom stereocenters. The minimum absolute atomic E-state index is 0.0499. The Morgan fingerprint density at radius 2 is 1.88 bits per heavy atom. The fraction of sp³-hybridized carbons (Fsp3) is 0.400. The predicted octanol–water partition coefficient (Wildman–Crippen LogP) is 3.67. The zero-order valence-electron chi connectivity index (χ0n) is 18.6. The maximum absolute atomic E-state index is 13.5. The highest BCUT2D eigenvalue weighted by molar-refractivity contribution is 6.10. The van der Waals surface area contributed by atoms with Gasteiger partial charge in [-0.15, -0.1) is 0 Å². The van der Waals surface area contributed by atoms with Gasteiger partial charge in [-0.1, -0.05) is 32.0 Å². The van der Waals surface area contributed by atoms with Crippen molar-refractivity contribution < 1.29 is 19.1 Å². The van der Waals surface area contributed by atoms with Gasteiger partial charge in [0.2, 0.25) is 11.8 Å². The summed E-state index contributed by atoms with van der Waals surface area (Å²) in [5, 5.41) is 9.42. The van der Waals surface area contributed by atoms with Crippen molar-refractivity contribution in [1.29, 1.82) is 0 Å². The smallest absolute Gasteiger partial charge is 0.338 e. The molecule has 2 aliphatic rings. The monoisotopic (exact) mass is 435 g/mol. The van der Waals surface area contributed by atoms with E-state index in [9.17, 15) is 14.4 Å². The summed E-state index contributed by atoms with van der Waals surface area (Å²) in [6.45, 7) is 6.32. The molecule has 3 N–H and O–H groups in total. The SMILES string of the molecule is CCOC(=O)c1ccc(NC(=O)[C@@H]2C[C@H](CC(C)C)N[C@@]23C(=O)Nc2ccccc23)cc1. The average molecular weight is 436 g/mol. The summed E-state index contributed by atoms with van der Waals surface area (Å²) < 4.78 is 5.00. The van der Waals surface area contributed by atoms with E-state index in [-0.39, 0.29) is 17.9 Å². The molecule has 2 aromatic rings. The van der Waals surface area contributed by atoms with Gasteiger partial charge >= 0.3 is 5.97 Å². The molecule has 0 radical (unpaired) electrons. The normalized spacial score (nSPS) is 23.8. The molecule has 2 amide bonds. The van der Waals surface area contributed by atoms with Crippen LogP contribution in [0.3, 0.4) is 0 Å². The standard InChI is InChI=1S/C25H29N3O4/c1-4-32-23(30)16-9-11-17(12-10-16)26-22(29)20-14-18(13-15(2)3)28-25(20)19-7-5-6-8-21(19)27-24(25)31/h5-12,15,18,20,28H,4,13-14H2,1-3H3,(H,26,29)(H,27,31)/t18-,20-,25+/m0/s1. The van der Waals surface area contributed by atoms with Crippen molar-refractivity contribution in [3.8, 4) is 0 Å². The van der Waals surface area contributed by atoms with Gasteiger partial charge in [-0.05, 0) is 56.0 Å². The van der Waals surface area contributed by atoms with E-state index < -0.39 is 17.4 Å². The summed E-state index contributed by atoms with van der Waals surface area (Å²) >= 11 is 0. The average Bonchev–Trinajstić information content (AvgIpc) is 3.27. The third-order valence-corrected chi connectivity index (χ3v) is 6.17. The maximum Gasteiger partial charge on any atom is 0.338 e. The third kappa shape index (κ3) is 3.88. The number of amides is 2. The van der Waals surface area contributed by atoms with Crippen LogP contribution in [0.2, 0.25) is 0 Å². The highest BCUT2D eigenvalue weighted by atomic mass is 16.5. The first-order valence-corrected chi connectivity index (χ1v) is 11.1. The largest absolute Gasteiger partial charge is 0.462 e. The van der Waals surface area contributed by atoms with E-state index in [1.165, 1.54) is 0 Å². The van der Waals surface area contributed by atoms with Gasteiger partial charge in [0.25, 0.3) is 0 Å². The number of fused-ring (bicyclic) bond motifs is 2. The van der Waals surface area contributed by atoms with Crippen LogP contribution in [0, 0.1) is 11.8 Å². The van der Waals surface area contributed by atoms with Gasteiger partial charge in [-0.25, -0.2) is 4.79 Å². The highest BCUT2D eigenvalue weighted by Crippen LogP contribution is 2.48. The van der Waals surface area contributed by atoms with Gasteiger partial charge < -0.3 is 15.4 Å². The van der Waals surface area contributed by atoms with Crippen molar-refractivity contribution in [3.05, 3.63) is 59.7 Å². The van der Waals surface area contributed by atoms with Crippen LogP contribution in [-0.2, 0) is 19.9 Å². The molecule has 0 aromatic heterocycles. The molecule has 1 fully saturated rings. The molecule has 0 bridgehead atoms. The molecule has 7 heteroatoms. The summed E-state index contributed by atoms with van der Waals surface area (Å²) in [5.74, 6) is -0.955. The van der Waals surface area contributed by atoms with Crippen LogP contribution in [0.1, 0.15) is 49.5 Å². The lowest BCUT2D eigenvalue weighted by molar-refractivity contribution is -0.130. The zero-order valence-corrected chi connectivity index (χ0v) is 18.6. The molecule has 7 nitrogen and oxygen atoms in total. The second kappa shape index (κ2) is 8.74. The summed E-state index contributed by atoms with van der Waals surface area (Å²) in [7, 11) is 0. The lowest BCUT2D eigenvalue weighted by Gasteiger charge is -2.29. The maximum atomic E-state index is 13.5. The van der Waals surface area contributed by atoms with Gasteiger partial charge in [-0.3, -0.25) is 14.9 Å². The number of esters is 1. The van der Waals surface area contributed by atoms with E-state index in [0.29, 0.717) is 30.2 Å². The topological polar surface area (TPSA) is 96.5 Å². The minimum atomic E-state index is -1.09. The number of hydrogen-bond acceptors (Lipinski definition) is 5. The lowest BCUT2D eigenvalue weighted by atomic mass is 9.79. The van der Waals surface area contributed by atoms with Crippen LogP contribution in [-0.4, -0.2) is 30.4 Å². The first-order chi connectivity index (χ1) is 15.3. The van der Waals surface area contributed by atoms with Gasteiger partial charge in [0.15, 0.2) is 0 Å². The molecule has 168 valence electrons. The second-order valence-electron chi connectivity index (χ2n) is 8.85. The van der Waals surface area contributed by atoms with Gasteiger partial charge in [-0.2, -0.15) is 0 Å². The second-order valence-corrected chi connectivity index (χ2v) is 8.85. The first-order valence-electron chi connectivity index (χ1n) is 11.1. The van der Waals surface area contributed by atoms with E-state index in [1.807, 2.05) is 24.3 Å². The van der Waals surface area contributed by atoms with Crippen LogP contribution >= 0.6 is 0 Å². The van der Waals surface area contributed by atoms with Crippen molar-refractivity contribution in [1.82, 2.24) is 5.32 Å². The number of benzene rings is 2. The number of anilines is 2. The summed E-state index contributed by atoms with van der Waals surface area (Å²) in [6, 6.07) is 14.2. The van der Waals surface area contributed by atoms with Crippen LogP contribution < -0.4 is 16.0 Å². The third-order valence-electron chi connectivity index (χ3n) is 6.17. The number of hydrogen-bond donors (Lipinski definition) is 3. The molecule has 1 spiro atoms. The molecule has 0 aliphatic carbocycles. The van der Waals surface area contributed by atoms with E-state index in [4.69, 9.17) is 4.74 Å². The molecule has 0 saturated carbocycles. The molecule has 2 aliphatic heterocycles. The van der Waals surface area contributed by atoms with Gasteiger partial charge in [0, 0.05) is 23.0 Å². The Kier molecular flexibility index (Phi) is 6.02. The van der Waals surface area contributed by atoms with Crippen molar-refractivity contribution in [3.63, 3.8) is 0 Å². The fourth-order valence-electron chi connectivity index (χ4n) is 4.87. The molecule has 2 heterocycles. The Balaban J connectivity index is 1.61. The number of rotatable bonds is 6. The number of ether oxygens (including phenoxy) is 1. The summed E-state index contributed by atoms with van der Waals surface area (Å²) in [5.41, 5.74) is 1.45. The zero-order chi connectivity index (χ0) is 22.9. The van der Waals surface area contributed by atoms with E-state index in [2.05, 4.69) is 29.8 Å². The molecular formula is C25H29N3O4. The van der Waals surface area contributed by atoms with E-state index in [1.54, 1.807) is 31.2 Å². The summed E-state index contributed by atoms with van der Waals surface area (Å²) in [4.78, 5) is 38.6. The highest BCUT2D eigenvalue weighted by Gasteiger charge is 2.59. The molecule has 1 saturated heterocycles. The van der Waals surface area contributed by atoms with Gasteiger partial charge in [0.05, 0.1) is 18.1 Å². The molecule has 3 atom stereocenters. The lowest BCUT2D eigenvalue weighted by Crippen LogP contribution is -2.52. The van der Waals surface area contributed by atoms with Crippen molar-refractivity contribution >= 4 is 29.2 Å². The van der Waals surface area contributed by atoms with Crippen LogP contribution in [0.15, 0.2) is 48.5 Å². The summed E-state index contributed by atoms with van der Waals surface area (Å²) in [6.07, 6.45) is 1.43. The quantitative estimate of drug-likeness (QED) is 0.602. The van der Waals surface area contributed by atoms with Crippen LogP contribution in [0.25, 0.3) is 0 Å². The Labute approximate surface area is 187 Å².